The number of nitrogens with one attached hydrogen (secondary N) is 2. The van der Waals surface area contributed by atoms with Gasteiger partial charge in [0.1, 0.15) is 5.75 Å². The molecule has 1 aliphatic rings. The summed E-state index contributed by atoms with van der Waals surface area (Å²) in [5, 5.41) is 3.96. The van der Waals surface area contributed by atoms with E-state index in [1.165, 1.54) is 21.8 Å². The summed E-state index contributed by atoms with van der Waals surface area (Å²) in [7, 11) is 0. The molecule has 2 aromatic heterocycles. The molecule has 2 amide bonds. The van der Waals surface area contributed by atoms with E-state index in [1.807, 2.05) is 37.3 Å². The quantitative estimate of drug-likeness (QED) is 0.527. The van der Waals surface area contributed by atoms with Crippen LogP contribution in [-0.2, 0) is 24.1 Å². The van der Waals surface area contributed by atoms with Crippen molar-refractivity contribution in [2.75, 3.05) is 6.61 Å². The fourth-order valence-corrected chi connectivity index (χ4v) is 4.73. The van der Waals surface area contributed by atoms with Crippen LogP contribution < -0.4 is 15.6 Å². The molecular formula is C23H26N4O4S. The predicted octanol–water partition coefficient (Wildman–Crippen LogP) is 3.72. The summed E-state index contributed by atoms with van der Waals surface area (Å²) in [5.74, 6) is 1.61. The van der Waals surface area contributed by atoms with Gasteiger partial charge in [0.2, 0.25) is 17.6 Å². The normalized spacial score (nSPS) is 15.1. The van der Waals surface area contributed by atoms with Crippen LogP contribution in [0.5, 0.6) is 5.75 Å². The van der Waals surface area contributed by atoms with Crippen LogP contribution in [0.15, 0.2) is 34.9 Å². The zero-order valence-electron chi connectivity index (χ0n) is 18.1. The molecule has 3 aromatic rings. The van der Waals surface area contributed by atoms with Crippen molar-refractivity contribution >= 4 is 23.2 Å². The number of ether oxygens (including phenoxy) is 1. The third-order valence-corrected chi connectivity index (χ3v) is 6.56. The lowest BCUT2D eigenvalue weighted by Gasteiger charge is -2.16. The van der Waals surface area contributed by atoms with Crippen molar-refractivity contribution in [1.82, 2.24) is 21.0 Å². The molecular weight excluding hydrogens is 428 g/mol. The fourth-order valence-electron chi connectivity index (χ4n) is 3.63. The number of benzene rings is 1. The van der Waals surface area contributed by atoms with Gasteiger partial charge in [-0.25, -0.2) is 0 Å². The van der Waals surface area contributed by atoms with Crippen LogP contribution in [0, 0.1) is 5.92 Å². The lowest BCUT2D eigenvalue weighted by Crippen LogP contribution is -2.41. The molecule has 0 bridgehead atoms. The summed E-state index contributed by atoms with van der Waals surface area (Å²) >= 11 is 1.51. The number of amides is 2. The Hall–Kier alpha value is -3.20. The minimum absolute atomic E-state index is 0.115. The zero-order chi connectivity index (χ0) is 22.5. The monoisotopic (exact) mass is 454 g/mol. The third kappa shape index (κ3) is 5.34. The van der Waals surface area contributed by atoms with E-state index >= 15 is 0 Å². The smallest absolute Gasteiger partial charge is 0.279 e. The van der Waals surface area contributed by atoms with Gasteiger partial charge in [-0.1, -0.05) is 12.1 Å². The summed E-state index contributed by atoms with van der Waals surface area (Å²) < 4.78 is 10.7. The minimum Gasteiger partial charge on any atom is -0.494 e. The number of thiophene rings is 1. The van der Waals surface area contributed by atoms with Crippen LogP contribution in [0.2, 0.25) is 0 Å². The van der Waals surface area contributed by atoms with Crippen molar-refractivity contribution < 1.29 is 18.8 Å². The second kappa shape index (κ2) is 9.95. The Balaban J connectivity index is 1.24. The van der Waals surface area contributed by atoms with Gasteiger partial charge >= 0.3 is 0 Å². The highest BCUT2D eigenvalue weighted by atomic mass is 32.1. The first-order valence-corrected chi connectivity index (χ1v) is 11.6. The number of hydrogen-bond donors (Lipinski definition) is 2. The van der Waals surface area contributed by atoms with E-state index in [1.54, 1.807) is 0 Å². The van der Waals surface area contributed by atoms with Crippen LogP contribution in [-0.4, -0.2) is 28.6 Å². The summed E-state index contributed by atoms with van der Waals surface area (Å²) in [5.41, 5.74) is 7.01. The number of nitrogens with zero attached hydrogens (tertiary/aromatic N) is 2. The molecule has 0 spiro atoms. The standard InChI is InChI=1S/C23H26N4O4S/c1-3-30-17-7-5-15(6-8-17)22-24-21(31-27-22)11-10-20(28)25-26-23(29)19-13-16-12-14(2)4-9-18(16)32-19/h5-8,13-14H,3-4,9-12H2,1-2H3,(H,25,28)(H,26,29). The molecule has 2 N–H and O–H groups in total. The highest BCUT2D eigenvalue weighted by Gasteiger charge is 2.21. The van der Waals surface area contributed by atoms with Crippen LogP contribution >= 0.6 is 11.3 Å². The lowest BCUT2D eigenvalue weighted by atomic mass is 9.90. The van der Waals surface area contributed by atoms with Crippen molar-refractivity contribution in [2.24, 2.45) is 5.92 Å². The first-order valence-electron chi connectivity index (χ1n) is 10.8. The number of carbonyl (C=O) groups is 2. The molecule has 1 unspecified atom stereocenters. The van der Waals surface area contributed by atoms with Gasteiger partial charge < -0.3 is 9.26 Å². The molecule has 9 heteroatoms. The van der Waals surface area contributed by atoms with Crippen LogP contribution in [0.4, 0.5) is 0 Å². The molecule has 4 rings (SSSR count). The Morgan fingerprint density at radius 1 is 1.25 bits per heavy atom. The summed E-state index contributed by atoms with van der Waals surface area (Å²) in [6.45, 7) is 4.75. The van der Waals surface area contributed by atoms with E-state index in [-0.39, 0.29) is 24.7 Å². The molecule has 168 valence electrons. The lowest BCUT2D eigenvalue weighted by molar-refractivity contribution is -0.121. The van der Waals surface area contributed by atoms with Crippen molar-refractivity contribution in [3.8, 4) is 17.1 Å². The maximum Gasteiger partial charge on any atom is 0.279 e. The van der Waals surface area contributed by atoms with Crippen molar-refractivity contribution in [2.45, 2.75) is 46.0 Å². The predicted molar refractivity (Wildman–Crippen MR) is 120 cm³/mol. The maximum atomic E-state index is 12.4. The molecule has 32 heavy (non-hydrogen) atoms. The molecule has 8 nitrogen and oxygen atoms in total. The Morgan fingerprint density at radius 2 is 2.06 bits per heavy atom. The zero-order valence-corrected chi connectivity index (χ0v) is 19.0. The van der Waals surface area contributed by atoms with Gasteiger partial charge in [-0.2, -0.15) is 4.98 Å². The number of rotatable bonds is 7. The minimum atomic E-state index is -0.325. The maximum absolute atomic E-state index is 12.4. The number of hydrogen-bond acceptors (Lipinski definition) is 7. The molecule has 0 fully saturated rings. The van der Waals surface area contributed by atoms with E-state index in [2.05, 4.69) is 27.9 Å². The SMILES string of the molecule is CCOc1ccc(-c2noc(CCC(=O)NNC(=O)c3cc4c(s3)CCC(C)C4)n2)cc1. The third-order valence-electron chi connectivity index (χ3n) is 5.33. The molecule has 1 aromatic carbocycles. The largest absolute Gasteiger partial charge is 0.494 e. The molecule has 0 saturated carbocycles. The van der Waals surface area contributed by atoms with Crippen LogP contribution in [0.25, 0.3) is 11.4 Å². The van der Waals surface area contributed by atoms with Gasteiger partial charge in [-0.3, -0.25) is 20.4 Å². The van der Waals surface area contributed by atoms with E-state index < -0.39 is 0 Å². The average molecular weight is 455 g/mol. The Kier molecular flexibility index (Phi) is 6.84. The number of carbonyl (C=O) groups excluding carboxylic acids is 2. The van der Waals surface area contributed by atoms with Gasteiger partial charge in [0.25, 0.3) is 5.91 Å². The second-order valence-corrected chi connectivity index (χ2v) is 9.02. The van der Waals surface area contributed by atoms with Gasteiger partial charge in [0, 0.05) is 23.3 Å². The second-order valence-electron chi connectivity index (χ2n) is 7.88. The molecule has 0 saturated heterocycles. The van der Waals surface area contributed by atoms with Gasteiger partial charge in [0.15, 0.2) is 0 Å². The molecule has 0 aliphatic heterocycles. The van der Waals surface area contributed by atoms with Crippen LogP contribution in [0.1, 0.15) is 52.7 Å². The summed E-state index contributed by atoms with van der Waals surface area (Å²) in [6.07, 6.45) is 3.57. The van der Waals surface area contributed by atoms with Gasteiger partial charge in [-0.15, -0.1) is 11.3 Å². The summed E-state index contributed by atoms with van der Waals surface area (Å²) in [6, 6.07) is 9.33. The van der Waals surface area contributed by atoms with E-state index in [0.717, 1.165) is 30.6 Å². The Labute approximate surface area is 190 Å². The average Bonchev–Trinajstić information content (AvgIpc) is 3.43. The first-order chi connectivity index (χ1) is 15.5. The van der Waals surface area contributed by atoms with Crippen molar-refractivity contribution in [3.05, 3.63) is 51.5 Å². The van der Waals surface area contributed by atoms with Crippen LogP contribution in [0.3, 0.4) is 0 Å². The molecule has 1 atom stereocenters. The fraction of sp³-hybridized carbons (Fsp3) is 0.391. The number of aryl methyl sites for hydroxylation is 2. The molecule has 1 aliphatic carbocycles. The molecule has 0 radical (unpaired) electrons. The highest BCUT2D eigenvalue weighted by Crippen LogP contribution is 2.32. The molecule has 2 heterocycles. The first kappa shape index (κ1) is 22.0. The van der Waals surface area contributed by atoms with Gasteiger partial charge in [0.05, 0.1) is 11.5 Å². The topological polar surface area (TPSA) is 106 Å². The van der Waals surface area contributed by atoms with Crippen molar-refractivity contribution in [3.63, 3.8) is 0 Å². The Bertz CT molecular complexity index is 1090. The van der Waals surface area contributed by atoms with E-state index in [9.17, 15) is 9.59 Å². The number of fused-ring (bicyclic) bond motifs is 1. The van der Waals surface area contributed by atoms with E-state index in [0.29, 0.717) is 29.1 Å². The van der Waals surface area contributed by atoms with Crippen molar-refractivity contribution in [1.29, 1.82) is 0 Å². The Morgan fingerprint density at radius 3 is 2.84 bits per heavy atom. The van der Waals surface area contributed by atoms with Gasteiger partial charge in [-0.05, 0) is 68.0 Å². The number of aromatic nitrogens is 2. The number of hydrazine groups is 1. The van der Waals surface area contributed by atoms with E-state index in [4.69, 9.17) is 9.26 Å². The highest BCUT2D eigenvalue weighted by molar-refractivity contribution is 7.14. The summed E-state index contributed by atoms with van der Waals surface area (Å²) in [4.78, 5) is 30.8.